The number of esters is 1. The molecule has 12 nitrogen and oxygen atoms in total. The Morgan fingerprint density at radius 2 is 2.03 bits per heavy atom. The standard InChI is InChI=1S/C23H31N6O6P/c1-14(2)34-23(31)15(3)28-36(32,11-16-7-5-4-6-8-16)33-10-18-17(30)9-19(35-18)29-13-27-20-21(24)25-12-26-22(20)29/h4-8,12-15,17-19,30H,9-11H2,1-3H3,(H,28,32)(H2,24,25,26)/t15?,17?,18-,19-,36?/m1/s1. The van der Waals surface area contributed by atoms with Gasteiger partial charge in [0.15, 0.2) is 11.5 Å². The summed E-state index contributed by atoms with van der Waals surface area (Å²) >= 11 is 0. The van der Waals surface area contributed by atoms with Crippen molar-refractivity contribution in [2.75, 3.05) is 12.3 Å². The van der Waals surface area contributed by atoms with E-state index in [9.17, 15) is 14.5 Å². The topological polar surface area (TPSA) is 164 Å². The van der Waals surface area contributed by atoms with Crippen molar-refractivity contribution in [1.29, 1.82) is 0 Å². The van der Waals surface area contributed by atoms with Crippen LogP contribution in [0.2, 0.25) is 0 Å². The molecule has 1 saturated heterocycles. The molecular formula is C23H31N6O6P. The summed E-state index contributed by atoms with van der Waals surface area (Å²) in [6.45, 7) is 4.89. The average molecular weight is 519 g/mol. The smallest absolute Gasteiger partial charge is 0.323 e. The summed E-state index contributed by atoms with van der Waals surface area (Å²) < 4.78 is 32.6. The Labute approximate surface area is 208 Å². The maximum Gasteiger partial charge on any atom is 0.323 e. The van der Waals surface area contributed by atoms with E-state index in [-0.39, 0.29) is 31.1 Å². The molecule has 0 radical (unpaired) electrons. The molecule has 3 aromatic rings. The molecule has 4 rings (SSSR count). The van der Waals surface area contributed by atoms with Crippen molar-refractivity contribution < 1.29 is 28.5 Å². The van der Waals surface area contributed by atoms with Crippen LogP contribution < -0.4 is 10.8 Å². The third-order valence-corrected chi connectivity index (χ3v) is 7.81. The second kappa shape index (κ2) is 11.0. The second-order valence-corrected chi connectivity index (χ2v) is 11.1. The maximum atomic E-state index is 13.8. The van der Waals surface area contributed by atoms with Crippen molar-refractivity contribution in [2.24, 2.45) is 0 Å². The molecule has 0 spiro atoms. The molecule has 2 aromatic heterocycles. The number of ether oxygens (including phenoxy) is 2. The number of hydrogen-bond acceptors (Lipinski definition) is 10. The number of aromatic nitrogens is 4. The van der Waals surface area contributed by atoms with Crippen molar-refractivity contribution >= 4 is 30.5 Å². The molecule has 3 unspecified atom stereocenters. The lowest BCUT2D eigenvalue weighted by Crippen LogP contribution is -2.36. The van der Waals surface area contributed by atoms with Crippen LogP contribution in [0.3, 0.4) is 0 Å². The number of aliphatic hydroxyl groups excluding tert-OH is 1. The van der Waals surface area contributed by atoms with E-state index in [1.54, 1.807) is 25.3 Å². The summed E-state index contributed by atoms with van der Waals surface area (Å²) in [6, 6.07) is 8.29. The van der Waals surface area contributed by atoms with E-state index in [4.69, 9.17) is 19.7 Å². The Hall–Kier alpha value is -2.89. The number of anilines is 1. The first-order valence-corrected chi connectivity index (χ1v) is 13.5. The first-order valence-electron chi connectivity index (χ1n) is 11.7. The first kappa shape index (κ1) is 26.2. The zero-order valence-corrected chi connectivity index (χ0v) is 21.2. The van der Waals surface area contributed by atoms with Crippen LogP contribution in [0, 0.1) is 0 Å². The Kier molecular flexibility index (Phi) is 8.01. The van der Waals surface area contributed by atoms with Crippen LogP contribution in [0.25, 0.3) is 11.2 Å². The largest absolute Gasteiger partial charge is 0.462 e. The number of nitrogens with one attached hydrogen (secondary N) is 1. The summed E-state index contributed by atoms with van der Waals surface area (Å²) in [4.78, 5) is 24.7. The predicted octanol–water partition coefficient (Wildman–Crippen LogP) is 2.40. The lowest BCUT2D eigenvalue weighted by molar-refractivity contribution is -0.149. The minimum absolute atomic E-state index is 0.0434. The molecule has 1 aromatic carbocycles. The predicted molar refractivity (Wildman–Crippen MR) is 132 cm³/mol. The van der Waals surface area contributed by atoms with Gasteiger partial charge in [0.05, 0.1) is 31.3 Å². The summed E-state index contributed by atoms with van der Waals surface area (Å²) in [5.41, 5.74) is 7.55. The van der Waals surface area contributed by atoms with Gasteiger partial charge in [0, 0.05) is 6.42 Å². The third-order valence-electron chi connectivity index (χ3n) is 5.68. The normalized spacial score (nSPS) is 22.5. The first-order chi connectivity index (χ1) is 17.1. The quantitative estimate of drug-likeness (QED) is 0.267. The van der Waals surface area contributed by atoms with Gasteiger partial charge in [0.1, 0.15) is 30.2 Å². The van der Waals surface area contributed by atoms with Crippen LogP contribution in [0.1, 0.15) is 39.0 Å². The van der Waals surface area contributed by atoms with Gasteiger partial charge in [-0.25, -0.2) is 20.0 Å². The number of hydrogen-bond donors (Lipinski definition) is 3. The number of aliphatic hydroxyl groups is 1. The summed E-state index contributed by atoms with van der Waals surface area (Å²) in [7, 11) is -3.60. The van der Waals surface area contributed by atoms with E-state index >= 15 is 0 Å². The van der Waals surface area contributed by atoms with Gasteiger partial charge in [-0.2, -0.15) is 0 Å². The van der Waals surface area contributed by atoms with E-state index in [0.717, 1.165) is 5.56 Å². The van der Waals surface area contributed by atoms with E-state index in [1.165, 1.54) is 12.7 Å². The number of carbonyl (C=O) groups is 1. The maximum absolute atomic E-state index is 13.8. The fourth-order valence-electron chi connectivity index (χ4n) is 3.94. The Bertz CT molecular complexity index is 1240. The van der Waals surface area contributed by atoms with Crippen LogP contribution in [0.4, 0.5) is 5.82 Å². The minimum atomic E-state index is -3.60. The number of imidazole rings is 1. The van der Waals surface area contributed by atoms with Crippen molar-refractivity contribution in [2.45, 2.75) is 63.9 Å². The number of fused-ring (bicyclic) bond motifs is 1. The van der Waals surface area contributed by atoms with Crippen molar-refractivity contribution in [1.82, 2.24) is 24.6 Å². The SMILES string of the molecule is CC(C)OC(=O)C(C)NP(=O)(Cc1ccccc1)OC[C@H]1O[C@@H](n2cnc3c(N)ncnc32)CC1O. The fourth-order valence-corrected chi connectivity index (χ4v) is 5.98. The summed E-state index contributed by atoms with van der Waals surface area (Å²) in [5.74, 6) is -0.289. The highest BCUT2D eigenvalue weighted by atomic mass is 31.2. The van der Waals surface area contributed by atoms with Crippen LogP contribution in [-0.2, 0) is 29.5 Å². The summed E-state index contributed by atoms with van der Waals surface area (Å²) in [6.07, 6.45) is 0.609. The van der Waals surface area contributed by atoms with Gasteiger partial charge in [-0.3, -0.25) is 13.9 Å². The third kappa shape index (κ3) is 6.08. The number of nitrogen functional groups attached to an aromatic ring is 1. The van der Waals surface area contributed by atoms with Gasteiger partial charge >= 0.3 is 5.97 Å². The van der Waals surface area contributed by atoms with E-state index < -0.39 is 38.0 Å². The molecular weight excluding hydrogens is 487 g/mol. The van der Waals surface area contributed by atoms with Crippen LogP contribution in [-0.4, -0.2) is 61.6 Å². The molecule has 5 atom stereocenters. The van der Waals surface area contributed by atoms with Gasteiger partial charge in [-0.1, -0.05) is 30.3 Å². The lowest BCUT2D eigenvalue weighted by Gasteiger charge is -2.25. The molecule has 1 fully saturated rings. The molecule has 4 N–H and O–H groups in total. The molecule has 1 aliphatic rings. The van der Waals surface area contributed by atoms with Crippen LogP contribution in [0.15, 0.2) is 43.0 Å². The number of carbonyl (C=O) groups excluding carboxylic acids is 1. The molecule has 0 amide bonds. The number of rotatable bonds is 10. The van der Waals surface area contributed by atoms with Gasteiger partial charge in [0.25, 0.3) is 7.52 Å². The Morgan fingerprint density at radius 3 is 2.75 bits per heavy atom. The van der Waals surface area contributed by atoms with Gasteiger partial charge in [0.2, 0.25) is 0 Å². The van der Waals surface area contributed by atoms with Gasteiger partial charge < -0.3 is 24.8 Å². The Balaban J connectivity index is 1.46. The molecule has 0 saturated carbocycles. The molecule has 3 heterocycles. The average Bonchev–Trinajstić information content (AvgIpc) is 3.42. The van der Waals surface area contributed by atoms with Gasteiger partial charge in [-0.15, -0.1) is 0 Å². The molecule has 0 bridgehead atoms. The number of nitrogens with zero attached hydrogens (tertiary/aromatic N) is 4. The van der Waals surface area contributed by atoms with Crippen molar-refractivity contribution in [3.8, 4) is 0 Å². The molecule has 13 heteroatoms. The number of nitrogens with two attached hydrogens (primary N) is 1. The zero-order chi connectivity index (χ0) is 25.9. The number of benzene rings is 1. The van der Waals surface area contributed by atoms with E-state index in [1.807, 2.05) is 30.3 Å². The highest BCUT2D eigenvalue weighted by Gasteiger charge is 2.38. The lowest BCUT2D eigenvalue weighted by atomic mass is 10.2. The molecule has 194 valence electrons. The fraction of sp³-hybridized carbons (Fsp3) is 0.478. The van der Waals surface area contributed by atoms with Crippen LogP contribution >= 0.6 is 7.52 Å². The van der Waals surface area contributed by atoms with Gasteiger partial charge in [-0.05, 0) is 26.3 Å². The van der Waals surface area contributed by atoms with Crippen molar-refractivity contribution in [3.05, 3.63) is 48.5 Å². The zero-order valence-electron chi connectivity index (χ0n) is 20.4. The monoisotopic (exact) mass is 518 g/mol. The summed E-state index contributed by atoms with van der Waals surface area (Å²) in [5, 5.41) is 13.5. The minimum Gasteiger partial charge on any atom is -0.462 e. The van der Waals surface area contributed by atoms with Crippen LogP contribution in [0.5, 0.6) is 0 Å². The van der Waals surface area contributed by atoms with E-state index in [0.29, 0.717) is 11.2 Å². The highest BCUT2D eigenvalue weighted by Crippen LogP contribution is 2.47. The Morgan fingerprint density at radius 1 is 1.28 bits per heavy atom. The molecule has 0 aliphatic carbocycles. The molecule has 36 heavy (non-hydrogen) atoms. The molecule has 1 aliphatic heterocycles. The second-order valence-electron chi connectivity index (χ2n) is 8.96. The van der Waals surface area contributed by atoms with Crippen molar-refractivity contribution in [3.63, 3.8) is 0 Å². The highest BCUT2D eigenvalue weighted by molar-refractivity contribution is 7.56. The van der Waals surface area contributed by atoms with E-state index in [2.05, 4.69) is 20.0 Å².